The van der Waals surface area contributed by atoms with E-state index >= 15 is 0 Å². The van der Waals surface area contributed by atoms with Crippen molar-refractivity contribution in [3.8, 4) is 0 Å². The summed E-state index contributed by atoms with van der Waals surface area (Å²) < 4.78 is 0. The van der Waals surface area contributed by atoms with Gasteiger partial charge in [0.25, 0.3) is 5.91 Å². The number of aromatic nitrogens is 1. The summed E-state index contributed by atoms with van der Waals surface area (Å²) in [5.74, 6) is -0.0911. The Morgan fingerprint density at radius 2 is 2.10 bits per heavy atom. The van der Waals surface area contributed by atoms with Crippen LogP contribution in [0, 0.1) is 0 Å². The van der Waals surface area contributed by atoms with Gasteiger partial charge in [-0.1, -0.05) is 6.92 Å². The zero-order valence-corrected chi connectivity index (χ0v) is 13.2. The number of nitrogens with one attached hydrogen (secondary N) is 2. The van der Waals surface area contributed by atoms with E-state index in [-0.39, 0.29) is 11.4 Å². The first-order valence-electron chi connectivity index (χ1n) is 7.02. The maximum atomic E-state index is 12.3. The highest BCUT2D eigenvalue weighted by atomic mass is 16.1. The Hall–Kier alpha value is -1.62. The van der Waals surface area contributed by atoms with Gasteiger partial charge in [0.15, 0.2) is 0 Å². The summed E-state index contributed by atoms with van der Waals surface area (Å²) in [6, 6.07) is 1.83. The lowest BCUT2D eigenvalue weighted by molar-refractivity contribution is 0.0920. The fourth-order valence-electron chi connectivity index (χ4n) is 1.54. The minimum absolute atomic E-state index is 0.0884. The van der Waals surface area contributed by atoms with Crippen molar-refractivity contribution in [1.29, 1.82) is 0 Å². The summed E-state index contributed by atoms with van der Waals surface area (Å²) >= 11 is 0. The fraction of sp³-hybridized carbons (Fsp3) is 0.600. The molecular weight excluding hydrogens is 252 g/mol. The number of likely N-dealkylation sites (N-methyl/N-ethyl adjacent to an activating group) is 1. The van der Waals surface area contributed by atoms with Crippen LogP contribution in [0.2, 0.25) is 0 Å². The van der Waals surface area contributed by atoms with E-state index in [4.69, 9.17) is 0 Å². The van der Waals surface area contributed by atoms with E-state index in [1.165, 1.54) is 0 Å². The molecule has 0 radical (unpaired) electrons. The third-order valence-electron chi connectivity index (χ3n) is 3.52. The van der Waals surface area contributed by atoms with Gasteiger partial charge >= 0.3 is 0 Å². The molecule has 1 heterocycles. The van der Waals surface area contributed by atoms with Crippen molar-refractivity contribution in [1.82, 2.24) is 15.2 Å². The first-order valence-corrected chi connectivity index (χ1v) is 7.02. The van der Waals surface area contributed by atoms with Crippen LogP contribution in [0.1, 0.15) is 37.6 Å². The topological polar surface area (TPSA) is 57.3 Å². The van der Waals surface area contributed by atoms with Crippen molar-refractivity contribution in [3.05, 3.63) is 24.0 Å². The average molecular weight is 278 g/mol. The summed E-state index contributed by atoms with van der Waals surface area (Å²) in [4.78, 5) is 18.4. The third kappa shape index (κ3) is 4.49. The van der Waals surface area contributed by atoms with Crippen molar-refractivity contribution < 1.29 is 4.79 Å². The molecule has 112 valence electrons. The normalized spacial score (nSPS) is 11.5. The molecule has 0 aromatic carbocycles. The molecule has 1 aromatic heterocycles. The molecule has 0 bridgehead atoms. The van der Waals surface area contributed by atoms with Crippen LogP contribution in [0.25, 0.3) is 0 Å². The van der Waals surface area contributed by atoms with Gasteiger partial charge in [-0.05, 0) is 40.4 Å². The molecule has 0 atom stereocenters. The van der Waals surface area contributed by atoms with Gasteiger partial charge in [-0.25, -0.2) is 0 Å². The summed E-state index contributed by atoms with van der Waals surface area (Å²) in [5.41, 5.74) is 1.34. The van der Waals surface area contributed by atoms with Gasteiger partial charge in [0.05, 0.1) is 11.3 Å². The Balaban J connectivity index is 2.72. The Morgan fingerprint density at radius 3 is 2.70 bits per heavy atom. The number of hydrogen-bond donors (Lipinski definition) is 2. The molecule has 0 aliphatic carbocycles. The van der Waals surface area contributed by atoms with Crippen molar-refractivity contribution in [2.75, 3.05) is 32.5 Å². The summed E-state index contributed by atoms with van der Waals surface area (Å²) in [6.07, 6.45) is 4.31. The molecule has 0 unspecified atom stereocenters. The lowest BCUT2D eigenvalue weighted by Gasteiger charge is -2.32. The highest BCUT2D eigenvalue weighted by molar-refractivity contribution is 5.99. The van der Waals surface area contributed by atoms with Gasteiger partial charge in [0, 0.05) is 31.0 Å². The van der Waals surface area contributed by atoms with E-state index in [1.54, 1.807) is 12.4 Å². The molecule has 0 saturated heterocycles. The van der Waals surface area contributed by atoms with Gasteiger partial charge in [0.2, 0.25) is 0 Å². The first-order chi connectivity index (χ1) is 9.38. The maximum absolute atomic E-state index is 12.3. The van der Waals surface area contributed by atoms with Crippen LogP contribution in [0.3, 0.4) is 0 Å². The Morgan fingerprint density at radius 1 is 1.40 bits per heavy atom. The zero-order valence-electron chi connectivity index (χ0n) is 13.2. The second-order valence-corrected chi connectivity index (χ2v) is 5.74. The molecule has 1 amide bonds. The molecule has 0 aliphatic heterocycles. The smallest absolute Gasteiger partial charge is 0.255 e. The number of rotatable bonds is 7. The summed E-state index contributed by atoms with van der Waals surface area (Å²) in [6.45, 7) is 7.70. The van der Waals surface area contributed by atoms with Gasteiger partial charge in [-0.2, -0.15) is 0 Å². The Labute approximate surface area is 121 Å². The molecule has 5 nitrogen and oxygen atoms in total. The number of carbonyl (C=O) groups excluding carboxylic acids is 1. The van der Waals surface area contributed by atoms with Crippen LogP contribution < -0.4 is 10.6 Å². The summed E-state index contributed by atoms with van der Waals surface area (Å²) in [7, 11) is 4.01. The molecule has 1 aromatic rings. The van der Waals surface area contributed by atoms with Crippen molar-refractivity contribution in [2.24, 2.45) is 0 Å². The van der Waals surface area contributed by atoms with E-state index in [9.17, 15) is 4.79 Å². The standard InChI is InChI=1S/C15H26N4O/c1-6-8-17-13-7-9-16-10-12(13)14(20)18-11-15(2,3)19(4)5/h7,9-10H,6,8,11H2,1-5H3,(H,16,17)(H,18,20). The molecule has 1 rings (SSSR count). The number of hydrogen-bond acceptors (Lipinski definition) is 4. The average Bonchev–Trinajstić information content (AvgIpc) is 2.42. The summed E-state index contributed by atoms with van der Waals surface area (Å²) in [5, 5.41) is 6.23. The zero-order chi connectivity index (χ0) is 15.2. The molecule has 0 spiro atoms. The van der Waals surface area contributed by atoms with Crippen molar-refractivity contribution in [2.45, 2.75) is 32.7 Å². The lowest BCUT2D eigenvalue weighted by Crippen LogP contribution is -2.48. The molecule has 5 heteroatoms. The van der Waals surface area contributed by atoms with Crippen molar-refractivity contribution >= 4 is 11.6 Å². The molecule has 2 N–H and O–H groups in total. The van der Waals surface area contributed by atoms with E-state index in [1.807, 2.05) is 20.2 Å². The Bertz CT molecular complexity index is 443. The molecular formula is C15H26N4O. The predicted octanol–water partition coefficient (Wildman–Crippen LogP) is 1.97. The molecule has 0 fully saturated rings. The van der Waals surface area contributed by atoms with Crippen LogP contribution in [0.15, 0.2) is 18.5 Å². The van der Waals surface area contributed by atoms with Gasteiger partial charge in [-0.3, -0.25) is 9.78 Å². The van der Waals surface area contributed by atoms with E-state index in [0.29, 0.717) is 12.1 Å². The first kappa shape index (κ1) is 16.4. The van der Waals surface area contributed by atoms with Crippen LogP contribution in [-0.4, -0.2) is 48.5 Å². The second kappa shape index (κ2) is 7.24. The number of carbonyl (C=O) groups is 1. The van der Waals surface area contributed by atoms with Crippen LogP contribution >= 0.6 is 0 Å². The largest absolute Gasteiger partial charge is 0.384 e. The minimum atomic E-state index is -0.0911. The number of nitrogens with zero attached hydrogens (tertiary/aromatic N) is 2. The predicted molar refractivity (Wildman–Crippen MR) is 83.1 cm³/mol. The minimum Gasteiger partial charge on any atom is -0.384 e. The molecule has 0 aliphatic rings. The van der Waals surface area contributed by atoms with Gasteiger partial charge < -0.3 is 15.5 Å². The fourth-order valence-corrected chi connectivity index (χ4v) is 1.54. The van der Waals surface area contributed by atoms with Crippen molar-refractivity contribution in [3.63, 3.8) is 0 Å². The highest BCUT2D eigenvalue weighted by Gasteiger charge is 2.22. The number of pyridine rings is 1. The Kier molecular flexibility index (Phi) is 5.95. The van der Waals surface area contributed by atoms with Crippen LogP contribution in [0.5, 0.6) is 0 Å². The number of amides is 1. The van der Waals surface area contributed by atoms with E-state index in [0.717, 1.165) is 18.7 Å². The van der Waals surface area contributed by atoms with Gasteiger partial charge in [0.1, 0.15) is 0 Å². The van der Waals surface area contributed by atoms with Crippen LogP contribution in [0.4, 0.5) is 5.69 Å². The SMILES string of the molecule is CCCNc1ccncc1C(=O)NCC(C)(C)N(C)C. The monoisotopic (exact) mass is 278 g/mol. The highest BCUT2D eigenvalue weighted by Crippen LogP contribution is 2.14. The quantitative estimate of drug-likeness (QED) is 0.800. The van der Waals surface area contributed by atoms with Crippen LogP contribution in [-0.2, 0) is 0 Å². The molecule has 0 saturated carbocycles. The third-order valence-corrected chi connectivity index (χ3v) is 3.52. The molecule has 20 heavy (non-hydrogen) atoms. The van der Waals surface area contributed by atoms with E-state index < -0.39 is 0 Å². The van der Waals surface area contributed by atoms with Gasteiger partial charge in [-0.15, -0.1) is 0 Å². The van der Waals surface area contributed by atoms with E-state index in [2.05, 4.69) is 41.3 Å². The lowest BCUT2D eigenvalue weighted by atomic mass is 10.0. The maximum Gasteiger partial charge on any atom is 0.255 e. The second-order valence-electron chi connectivity index (χ2n) is 5.74. The number of anilines is 1.